The Morgan fingerprint density at radius 1 is 0.475 bits per heavy atom. The predicted molar refractivity (Wildman–Crippen MR) is 380 cm³/mol. The van der Waals surface area contributed by atoms with Gasteiger partial charge in [-0.1, -0.05) is 37.1 Å². The number of carbonyl (C=O) groups is 12. The van der Waals surface area contributed by atoms with Crippen LogP contribution in [-0.2, 0) is 83.6 Å². The highest BCUT2D eigenvalue weighted by molar-refractivity contribution is 8.72. The highest BCUT2D eigenvalue weighted by Gasteiger charge is 2.36. The molecule has 2 aromatic rings. The van der Waals surface area contributed by atoms with Crippen LogP contribution in [0.3, 0.4) is 0 Å². The van der Waals surface area contributed by atoms with Crippen LogP contribution in [0.5, 0.6) is 11.5 Å². The molecule has 0 unspecified atom stereocenters. The summed E-state index contributed by atoms with van der Waals surface area (Å²) in [5, 5.41) is 5.77. The van der Waals surface area contributed by atoms with Crippen LogP contribution in [0.2, 0.25) is 0 Å². The van der Waals surface area contributed by atoms with Gasteiger partial charge >= 0.3 is 30.3 Å². The van der Waals surface area contributed by atoms with Crippen molar-refractivity contribution < 1.29 is 98.2 Å². The molecule has 1 saturated heterocycles. The van der Waals surface area contributed by atoms with E-state index in [0.29, 0.717) is 117 Å². The Kier molecular flexibility index (Phi) is 41.2. The van der Waals surface area contributed by atoms with Gasteiger partial charge in [-0.25, -0.2) is 40.8 Å². The summed E-state index contributed by atoms with van der Waals surface area (Å²) in [6.07, 6.45) is 3.48. The van der Waals surface area contributed by atoms with Crippen molar-refractivity contribution in [3.8, 4) is 11.5 Å². The van der Waals surface area contributed by atoms with Crippen LogP contribution in [0, 0.1) is 0 Å². The molecule has 2 aromatic carbocycles. The molecule has 0 aliphatic carbocycles. The van der Waals surface area contributed by atoms with Gasteiger partial charge in [-0.3, -0.25) is 33.6 Å². The zero-order valence-electron chi connectivity index (χ0n) is 60.4. The molecule has 2 atom stereocenters. The lowest BCUT2D eigenvalue weighted by molar-refractivity contribution is -0.198. The fourth-order valence-corrected chi connectivity index (χ4v) is 12.6. The summed E-state index contributed by atoms with van der Waals surface area (Å²) >= 11 is 0. The van der Waals surface area contributed by atoms with Crippen molar-refractivity contribution in [2.45, 2.75) is 122 Å². The largest absolute Gasteiger partial charge is 0.445 e. The minimum atomic E-state index is -3.16. The monoisotopic (exact) mass is 1500 g/mol. The van der Waals surface area contributed by atoms with Gasteiger partial charge in [-0.15, -0.1) is 5.06 Å². The number of amides is 10. The molecule has 568 valence electrons. The van der Waals surface area contributed by atoms with Gasteiger partial charge in [0.1, 0.15) is 42.6 Å². The molecule has 1 aliphatic heterocycles. The van der Waals surface area contributed by atoms with Crippen LogP contribution >= 0.6 is 21.6 Å². The highest BCUT2D eigenvalue weighted by Crippen LogP contribution is 2.20. The molecular weight excluding hydrogens is 1400 g/mol. The number of nitrogens with one attached hydrogen (secondary N) is 2. The third-order valence-electron chi connectivity index (χ3n) is 15.0. The summed E-state index contributed by atoms with van der Waals surface area (Å²) in [5.74, 6) is -2.99. The first-order valence-corrected chi connectivity index (χ1v) is 39.6. The quantitative estimate of drug-likeness (QED) is 0.0518. The summed E-state index contributed by atoms with van der Waals surface area (Å²) in [6.45, 7) is 4.52. The van der Waals surface area contributed by atoms with Gasteiger partial charge in [-0.05, 0) is 131 Å². The smallest absolute Gasteiger partial charge is 0.415 e. The van der Waals surface area contributed by atoms with Crippen molar-refractivity contribution in [1.82, 2.24) is 54.9 Å². The second-order valence-electron chi connectivity index (χ2n) is 24.6. The first-order chi connectivity index (χ1) is 47.4. The van der Waals surface area contributed by atoms with E-state index in [2.05, 4.69) is 10.6 Å². The number of ether oxygens (including phenoxy) is 4. The molecule has 32 nitrogen and oxygen atoms in total. The number of hydroxylamine groups is 2. The third kappa shape index (κ3) is 38.7. The average Bonchev–Trinajstić information content (AvgIpc) is 1.78. The van der Waals surface area contributed by atoms with Crippen LogP contribution in [0.25, 0.3) is 0 Å². The summed E-state index contributed by atoms with van der Waals surface area (Å²) < 4.78 is 66.4. The Morgan fingerprint density at radius 3 is 1.18 bits per heavy atom. The Labute approximate surface area is 601 Å². The van der Waals surface area contributed by atoms with E-state index in [0.717, 1.165) is 39.0 Å². The van der Waals surface area contributed by atoms with E-state index in [4.69, 9.17) is 23.8 Å². The number of Topliss-reactive ketones (excluding diaryl/α,β-unsaturated/α-hetero) is 1. The van der Waals surface area contributed by atoms with E-state index < -0.39 is 96.1 Å². The fourth-order valence-electron chi connectivity index (χ4n) is 8.80. The summed E-state index contributed by atoms with van der Waals surface area (Å²) in [7, 11) is 12.3. The lowest BCUT2D eigenvalue weighted by atomic mass is 10.1. The van der Waals surface area contributed by atoms with Crippen molar-refractivity contribution in [1.29, 1.82) is 0 Å². The lowest BCUT2D eigenvalue weighted by Crippen LogP contribution is -2.49. The molecule has 1 aliphatic rings. The zero-order valence-corrected chi connectivity index (χ0v) is 63.7. The number of hydrogen-bond acceptors (Lipinski definition) is 25. The van der Waals surface area contributed by atoms with Crippen molar-refractivity contribution >= 4 is 111 Å². The molecule has 1 heterocycles. The molecule has 0 saturated carbocycles. The van der Waals surface area contributed by atoms with Gasteiger partial charge in [-0.2, -0.15) is 0 Å². The number of imide groups is 1. The predicted octanol–water partition coefficient (Wildman–Crippen LogP) is 4.64. The Morgan fingerprint density at radius 2 is 0.832 bits per heavy atom. The summed E-state index contributed by atoms with van der Waals surface area (Å²) in [5.41, 5.74) is 1.37. The van der Waals surface area contributed by atoms with E-state index in [1.807, 2.05) is 38.0 Å². The number of rotatable bonds is 43. The van der Waals surface area contributed by atoms with Crippen molar-refractivity contribution in [2.24, 2.45) is 0 Å². The number of hydrogen-bond donors (Lipinski definition) is 2. The van der Waals surface area contributed by atoms with Gasteiger partial charge in [0.2, 0.25) is 23.6 Å². The summed E-state index contributed by atoms with van der Waals surface area (Å²) in [4.78, 5) is 167. The van der Waals surface area contributed by atoms with Crippen molar-refractivity contribution in [3.63, 3.8) is 0 Å². The van der Waals surface area contributed by atoms with Crippen LogP contribution in [0.1, 0.15) is 108 Å². The summed E-state index contributed by atoms with van der Waals surface area (Å²) in [6, 6.07) is 10.9. The highest BCUT2D eigenvalue weighted by atomic mass is 33.1. The van der Waals surface area contributed by atoms with Crippen LogP contribution in [0.15, 0.2) is 48.5 Å². The number of unbranched alkanes of at least 4 members (excludes halogenated alkanes) is 4. The minimum Gasteiger partial charge on any atom is -0.445 e. The van der Waals surface area contributed by atoms with E-state index in [9.17, 15) is 74.4 Å². The van der Waals surface area contributed by atoms with E-state index >= 15 is 0 Å². The van der Waals surface area contributed by atoms with Crippen molar-refractivity contribution in [2.75, 3.05) is 147 Å². The Hall–Kier alpha value is -7.80. The number of ketones is 1. The fraction of sp³-hybridized carbons (Fsp3) is 0.631. The Bertz CT molecular complexity index is 3260. The molecule has 101 heavy (non-hydrogen) atoms. The maximum atomic E-state index is 13.3. The lowest BCUT2D eigenvalue weighted by Gasteiger charge is -2.27. The van der Waals surface area contributed by atoms with Gasteiger partial charge in [0.25, 0.3) is 11.8 Å². The molecule has 1 fully saturated rings. The second kappa shape index (κ2) is 46.7. The first kappa shape index (κ1) is 89.3. The standard InChI is InChI=1S/C34H52N6O12S2.C31H51N5O9S2/c1-36(2)20-21-38(4)34(47)51-26-14-12-25(13-15-26)24-50-33(46)37(3)19-10-18-35-32(45)27(23-31(44)52-40-29(42)16-17-30(40)43)39(5)28(41)11-8-7-9-22-53-54(6,48)49;1-24(37)22-27(36(6)28(38)12-9-8-10-21-46-47(7,42)43)29(39)32-17-11-18-34(4)30(40)44-23-25-13-15-26(16-14-25)45-31(41)35(5)20-19-33(2)3/h12-15,27H,7-11,16-24H2,1-6H3,(H,35,45);13-16,27H,8-12,17-23H2,1-7H3,(H,32,39)/t2*27-/m00/s1. The molecule has 36 heteroatoms. The van der Waals surface area contributed by atoms with Gasteiger partial charge in [0.15, 0.2) is 17.7 Å². The molecule has 10 amide bonds. The normalized spacial score (nSPS) is 12.6. The van der Waals surface area contributed by atoms with Gasteiger partial charge in [0, 0.05) is 151 Å². The number of likely N-dealkylation sites (N-methyl/N-ethyl adjacent to an activating group) is 6. The number of benzene rings is 2. The molecule has 3 rings (SSSR count). The molecule has 2 N–H and O–H groups in total. The van der Waals surface area contributed by atoms with Crippen LogP contribution < -0.4 is 20.1 Å². The first-order valence-electron chi connectivity index (χ1n) is 32.8. The second-order valence-corrected chi connectivity index (χ2v) is 33.7. The Balaban J connectivity index is 0.000000694. The molecular formula is C65H103N11O21S4. The van der Waals surface area contributed by atoms with E-state index in [1.54, 1.807) is 69.7 Å². The average molecular weight is 1500 g/mol. The molecule has 0 spiro atoms. The molecule has 0 aromatic heterocycles. The maximum absolute atomic E-state index is 13.3. The third-order valence-corrected chi connectivity index (χ3v) is 20.3. The number of carbonyl (C=O) groups excluding carboxylic acids is 12. The van der Waals surface area contributed by atoms with Crippen LogP contribution in [-0.4, -0.2) is 292 Å². The topological polar surface area (TPSA) is 372 Å². The SMILES string of the molecule is CC(=O)C[C@@H](C(=O)NCCCN(C)C(=O)OCc1ccc(OC(=O)N(C)CCN(C)C)cc1)N(C)C(=O)CCCCCSS(C)(=O)=O.CN(C)CCN(C)C(=O)Oc1ccc(COC(=O)N(C)CCCNC(=O)[C@H](CC(=O)ON2C(=O)CCC2=O)N(C)C(=O)CCCCCSS(C)(=O)=O)cc1. The molecule has 0 bridgehead atoms. The van der Waals surface area contributed by atoms with Crippen LogP contribution in [0.4, 0.5) is 19.2 Å². The number of nitrogens with zero attached hydrogens (tertiary/aromatic N) is 9. The molecule has 0 radical (unpaired) electrons. The van der Waals surface area contributed by atoms with Gasteiger partial charge in [0.05, 0.1) is 6.42 Å². The van der Waals surface area contributed by atoms with Crippen molar-refractivity contribution in [3.05, 3.63) is 59.7 Å². The maximum Gasteiger partial charge on any atom is 0.415 e. The van der Waals surface area contributed by atoms with E-state index in [-0.39, 0.29) is 83.1 Å². The zero-order chi connectivity index (χ0) is 76.0. The van der Waals surface area contributed by atoms with E-state index in [1.165, 1.54) is 52.6 Å². The van der Waals surface area contributed by atoms with Gasteiger partial charge < -0.3 is 73.6 Å². The minimum absolute atomic E-state index is 0.0174.